The summed E-state index contributed by atoms with van der Waals surface area (Å²) in [6.45, 7) is 0.966. The van der Waals surface area contributed by atoms with Crippen LogP contribution in [-0.2, 0) is 22.7 Å². The molecule has 0 saturated heterocycles. The van der Waals surface area contributed by atoms with Crippen molar-refractivity contribution in [1.82, 2.24) is 0 Å². The third-order valence-corrected chi connectivity index (χ3v) is 5.71. The molecule has 2 N–H and O–H groups in total. The first-order valence-corrected chi connectivity index (χ1v) is 9.57. The molecule has 1 fully saturated rings. The van der Waals surface area contributed by atoms with Gasteiger partial charge in [0.05, 0.1) is 38.1 Å². The first kappa shape index (κ1) is 18.4. The Morgan fingerprint density at radius 1 is 0.852 bits per heavy atom. The number of hydrogen-bond acceptors (Lipinski definition) is 4. The van der Waals surface area contributed by atoms with E-state index in [1.165, 1.54) is 0 Å². The van der Waals surface area contributed by atoms with Crippen LogP contribution in [0.4, 0.5) is 0 Å². The Labute approximate surface area is 160 Å². The van der Waals surface area contributed by atoms with Crippen molar-refractivity contribution in [2.45, 2.75) is 37.9 Å². The van der Waals surface area contributed by atoms with Crippen LogP contribution in [0.15, 0.2) is 72.3 Å². The molecule has 2 aromatic rings. The average molecular weight is 366 g/mol. The molecule has 0 bridgehead atoms. The molecule has 0 aliphatic heterocycles. The molecule has 0 heterocycles. The molecule has 142 valence electrons. The van der Waals surface area contributed by atoms with Gasteiger partial charge in [-0.2, -0.15) is 0 Å². The summed E-state index contributed by atoms with van der Waals surface area (Å²) in [6.07, 6.45) is 1.72. The van der Waals surface area contributed by atoms with Crippen molar-refractivity contribution in [3.8, 4) is 0 Å². The predicted octanol–water partition coefficient (Wildman–Crippen LogP) is 3.09. The second-order valence-corrected chi connectivity index (χ2v) is 7.41. The van der Waals surface area contributed by atoms with Crippen LogP contribution in [0.1, 0.15) is 17.5 Å². The summed E-state index contributed by atoms with van der Waals surface area (Å²) in [4.78, 5) is 0. The van der Waals surface area contributed by atoms with Crippen LogP contribution in [0, 0.1) is 11.8 Å². The maximum absolute atomic E-state index is 10.4. The molecule has 27 heavy (non-hydrogen) atoms. The lowest BCUT2D eigenvalue weighted by molar-refractivity contribution is -0.0803. The van der Waals surface area contributed by atoms with Crippen LogP contribution >= 0.6 is 0 Å². The Kier molecular flexibility index (Phi) is 5.69. The lowest BCUT2D eigenvalue weighted by atomic mass is 9.92. The number of ether oxygens (including phenoxy) is 2. The van der Waals surface area contributed by atoms with Gasteiger partial charge in [-0.1, -0.05) is 66.7 Å². The number of hydrogen-bond donors (Lipinski definition) is 2. The highest BCUT2D eigenvalue weighted by Crippen LogP contribution is 2.47. The van der Waals surface area contributed by atoms with E-state index in [1.807, 2.05) is 60.7 Å². The third-order valence-electron chi connectivity index (χ3n) is 5.71. The summed E-state index contributed by atoms with van der Waals surface area (Å²) in [6, 6.07) is 20.1. The molecule has 2 aliphatic carbocycles. The van der Waals surface area contributed by atoms with Gasteiger partial charge in [-0.15, -0.1) is 0 Å². The standard InChI is InChI=1S/C23H26O4/c24-13-18-11-20(25)19-12-21(26-14-16-7-3-1-4-8-16)23(22(18)19)27-15-17-9-5-2-6-10-17/h1-11,19-25H,12-15H2/t19-,20-,21+,22+,23+/m0/s1. The lowest BCUT2D eigenvalue weighted by Crippen LogP contribution is -2.32. The van der Waals surface area contributed by atoms with Crippen molar-refractivity contribution in [1.29, 1.82) is 0 Å². The second-order valence-electron chi connectivity index (χ2n) is 7.41. The largest absolute Gasteiger partial charge is 0.392 e. The van der Waals surface area contributed by atoms with E-state index in [0.717, 1.165) is 23.1 Å². The fourth-order valence-corrected chi connectivity index (χ4v) is 4.39. The monoisotopic (exact) mass is 366 g/mol. The van der Waals surface area contributed by atoms with Crippen LogP contribution in [0.5, 0.6) is 0 Å². The number of aliphatic hydroxyl groups excluding tert-OH is 2. The van der Waals surface area contributed by atoms with Gasteiger partial charge in [0, 0.05) is 11.8 Å². The minimum Gasteiger partial charge on any atom is -0.392 e. The van der Waals surface area contributed by atoms with E-state index in [0.29, 0.717) is 13.2 Å². The van der Waals surface area contributed by atoms with Crippen LogP contribution in [0.3, 0.4) is 0 Å². The van der Waals surface area contributed by atoms with Crippen LogP contribution in [0.25, 0.3) is 0 Å². The zero-order chi connectivity index (χ0) is 18.6. The molecule has 4 rings (SSSR count). The smallest absolute Gasteiger partial charge is 0.0911 e. The van der Waals surface area contributed by atoms with Gasteiger partial charge in [0.15, 0.2) is 0 Å². The highest BCUT2D eigenvalue weighted by atomic mass is 16.5. The van der Waals surface area contributed by atoms with Crippen molar-refractivity contribution in [3.05, 3.63) is 83.4 Å². The van der Waals surface area contributed by atoms with Gasteiger partial charge in [0.1, 0.15) is 0 Å². The predicted molar refractivity (Wildman–Crippen MR) is 103 cm³/mol. The van der Waals surface area contributed by atoms with E-state index in [2.05, 4.69) is 0 Å². The van der Waals surface area contributed by atoms with Crippen LogP contribution < -0.4 is 0 Å². The number of benzene rings is 2. The number of aliphatic hydroxyl groups is 2. The Morgan fingerprint density at radius 3 is 2.04 bits per heavy atom. The zero-order valence-corrected chi connectivity index (χ0v) is 15.3. The highest BCUT2D eigenvalue weighted by Gasteiger charge is 2.51. The summed E-state index contributed by atoms with van der Waals surface area (Å²) in [7, 11) is 0. The van der Waals surface area contributed by atoms with Crippen molar-refractivity contribution >= 4 is 0 Å². The number of rotatable bonds is 7. The number of fused-ring (bicyclic) bond motifs is 1. The molecular formula is C23H26O4. The van der Waals surface area contributed by atoms with Gasteiger partial charge in [0.2, 0.25) is 0 Å². The molecule has 4 nitrogen and oxygen atoms in total. The van der Waals surface area contributed by atoms with Crippen LogP contribution in [0.2, 0.25) is 0 Å². The van der Waals surface area contributed by atoms with Gasteiger partial charge >= 0.3 is 0 Å². The van der Waals surface area contributed by atoms with Crippen molar-refractivity contribution < 1.29 is 19.7 Å². The molecule has 5 atom stereocenters. The summed E-state index contributed by atoms with van der Waals surface area (Å²) >= 11 is 0. The fraction of sp³-hybridized carbons (Fsp3) is 0.391. The topological polar surface area (TPSA) is 58.9 Å². The minimum atomic E-state index is -0.537. The minimum absolute atomic E-state index is 0.00878. The maximum Gasteiger partial charge on any atom is 0.0911 e. The Morgan fingerprint density at radius 2 is 1.44 bits per heavy atom. The summed E-state index contributed by atoms with van der Waals surface area (Å²) in [5, 5.41) is 20.2. The molecule has 2 aromatic carbocycles. The van der Waals surface area contributed by atoms with E-state index in [4.69, 9.17) is 9.47 Å². The molecule has 2 aliphatic rings. The van der Waals surface area contributed by atoms with Gasteiger partial charge in [-0.05, 0) is 23.1 Å². The van der Waals surface area contributed by atoms with Gasteiger partial charge < -0.3 is 19.7 Å². The first-order valence-electron chi connectivity index (χ1n) is 9.57. The van der Waals surface area contributed by atoms with Crippen molar-refractivity contribution in [2.24, 2.45) is 11.8 Å². The second kappa shape index (κ2) is 8.36. The summed E-state index contributed by atoms with van der Waals surface area (Å²) in [5.41, 5.74) is 3.10. The van der Waals surface area contributed by atoms with E-state index < -0.39 is 6.10 Å². The van der Waals surface area contributed by atoms with Crippen molar-refractivity contribution in [2.75, 3.05) is 6.61 Å². The van der Waals surface area contributed by atoms with Gasteiger partial charge in [0.25, 0.3) is 0 Å². The van der Waals surface area contributed by atoms with E-state index in [-0.39, 0.29) is 30.7 Å². The highest BCUT2D eigenvalue weighted by molar-refractivity contribution is 5.26. The lowest BCUT2D eigenvalue weighted by Gasteiger charge is -2.26. The Balaban J connectivity index is 1.49. The average Bonchev–Trinajstić information content (AvgIpc) is 3.23. The normalized spacial score (nSPS) is 29.6. The SMILES string of the molecule is OCC1=C[C@H](O)[C@@H]2C[C@@H](OCc3ccccc3)[C@@H](OCc3ccccc3)[C@H]12. The molecule has 0 radical (unpaired) electrons. The molecule has 0 amide bonds. The quantitative estimate of drug-likeness (QED) is 0.740. The molecule has 0 spiro atoms. The molecule has 0 unspecified atom stereocenters. The molecule has 4 heteroatoms. The Bertz CT molecular complexity index is 758. The first-order chi connectivity index (χ1) is 13.3. The molecule has 1 saturated carbocycles. The van der Waals surface area contributed by atoms with Crippen molar-refractivity contribution in [3.63, 3.8) is 0 Å². The maximum atomic E-state index is 10.4. The fourth-order valence-electron chi connectivity index (χ4n) is 4.39. The van der Waals surface area contributed by atoms with E-state index in [9.17, 15) is 10.2 Å². The zero-order valence-electron chi connectivity index (χ0n) is 15.3. The molecule has 0 aromatic heterocycles. The molecular weight excluding hydrogens is 340 g/mol. The van der Waals surface area contributed by atoms with E-state index >= 15 is 0 Å². The summed E-state index contributed by atoms with van der Waals surface area (Å²) in [5.74, 6) is 0.0585. The third kappa shape index (κ3) is 3.99. The van der Waals surface area contributed by atoms with Gasteiger partial charge in [-0.3, -0.25) is 0 Å². The van der Waals surface area contributed by atoms with E-state index in [1.54, 1.807) is 6.08 Å². The Hall–Kier alpha value is -1.98. The summed E-state index contributed by atoms with van der Waals surface area (Å²) < 4.78 is 12.5. The van der Waals surface area contributed by atoms with Gasteiger partial charge in [-0.25, -0.2) is 0 Å². The van der Waals surface area contributed by atoms with Crippen LogP contribution in [-0.4, -0.2) is 35.1 Å².